The van der Waals surface area contributed by atoms with E-state index in [1.807, 2.05) is 36.4 Å². The largest absolute Gasteiger partial charge is 0.550 e. The molecular weight excluding hydrogens is 366 g/mol. The maximum atomic E-state index is 10.9. The number of hydrogen-bond acceptors (Lipinski definition) is 2. The highest BCUT2D eigenvalue weighted by atomic mass is 79.9. The highest BCUT2D eigenvalue weighted by molar-refractivity contribution is 9.10. The maximum Gasteiger partial charge on any atom is 0.0531 e. The molecule has 0 fully saturated rings. The summed E-state index contributed by atoms with van der Waals surface area (Å²) in [4.78, 5) is 10.9. The first-order valence-electron chi connectivity index (χ1n) is 7.78. The molecule has 0 spiro atoms. The summed E-state index contributed by atoms with van der Waals surface area (Å²) < 4.78 is 3.12. The van der Waals surface area contributed by atoms with Crippen LogP contribution in [0.1, 0.15) is 17.7 Å². The summed E-state index contributed by atoms with van der Waals surface area (Å²) >= 11 is 3.45. The second kappa shape index (κ2) is 7.05. The molecule has 3 nitrogen and oxygen atoms in total. The van der Waals surface area contributed by atoms with Gasteiger partial charge in [-0.2, -0.15) is 0 Å². The van der Waals surface area contributed by atoms with Gasteiger partial charge in [-0.25, -0.2) is 0 Å². The van der Waals surface area contributed by atoms with Crippen molar-refractivity contribution in [1.29, 1.82) is 0 Å². The normalized spacial score (nSPS) is 10.8. The number of rotatable bonds is 5. The van der Waals surface area contributed by atoms with Crippen molar-refractivity contribution in [3.63, 3.8) is 0 Å². The minimum absolute atomic E-state index is 0.00782. The average molecular weight is 383 g/mol. The number of aliphatic carboxylic acids is 1. The maximum absolute atomic E-state index is 10.9. The first-order chi connectivity index (χ1) is 11.5. The predicted octanol–water partition coefficient (Wildman–Crippen LogP) is 3.90. The van der Waals surface area contributed by atoms with Crippen LogP contribution in [0.4, 0.5) is 0 Å². The first-order valence-corrected chi connectivity index (χ1v) is 8.57. The van der Waals surface area contributed by atoms with Crippen LogP contribution in [0.2, 0.25) is 0 Å². The molecule has 3 aromatic rings. The van der Waals surface area contributed by atoms with Gasteiger partial charge in [-0.3, -0.25) is 0 Å². The van der Waals surface area contributed by atoms with Gasteiger partial charge in [0.15, 0.2) is 0 Å². The van der Waals surface area contributed by atoms with Gasteiger partial charge in [-0.1, -0.05) is 45.8 Å². The Labute approximate surface area is 149 Å². The third-order valence-electron chi connectivity index (χ3n) is 3.98. The van der Waals surface area contributed by atoms with Crippen LogP contribution in [-0.2, 0) is 11.2 Å². The molecular formula is C20H17BrNO2-. The molecule has 3 rings (SSSR count). The Morgan fingerprint density at radius 1 is 1.00 bits per heavy atom. The van der Waals surface area contributed by atoms with Crippen LogP contribution in [0.5, 0.6) is 0 Å². The van der Waals surface area contributed by atoms with E-state index < -0.39 is 5.97 Å². The third-order valence-corrected chi connectivity index (χ3v) is 4.51. The summed E-state index contributed by atoms with van der Waals surface area (Å²) in [6.07, 6.45) is 0.443. The van der Waals surface area contributed by atoms with Gasteiger partial charge in [0.25, 0.3) is 0 Å². The second-order valence-corrected chi connectivity index (χ2v) is 6.68. The number of carbonyl (C=O) groups is 1. The van der Waals surface area contributed by atoms with E-state index in [1.54, 1.807) is 0 Å². The van der Waals surface area contributed by atoms with Crippen molar-refractivity contribution < 1.29 is 9.90 Å². The number of aromatic nitrogens is 1. The average Bonchev–Trinajstić information content (AvgIpc) is 2.98. The molecule has 0 saturated carbocycles. The molecule has 0 amide bonds. The van der Waals surface area contributed by atoms with Gasteiger partial charge in [0.1, 0.15) is 0 Å². The van der Waals surface area contributed by atoms with Crippen LogP contribution in [0.25, 0.3) is 16.9 Å². The zero-order chi connectivity index (χ0) is 17.1. The number of aryl methyl sites for hydroxylation is 2. The summed E-state index contributed by atoms with van der Waals surface area (Å²) in [5.74, 6) is -1.03. The van der Waals surface area contributed by atoms with Gasteiger partial charge in [0.2, 0.25) is 0 Å². The molecule has 0 radical (unpaired) electrons. The molecule has 0 aliphatic carbocycles. The fourth-order valence-corrected chi connectivity index (χ4v) is 3.01. The van der Waals surface area contributed by atoms with E-state index in [1.165, 1.54) is 5.56 Å². The Morgan fingerprint density at radius 2 is 1.67 bits per heavy atom. The molecule has 0 aliphatic rings. The topological polar surface area (TPSA) is 45.1 Å². The van der Waals surface area contributed by atoms with Crippen molar-refractivity contribution in [3.05, 3.63) is 76.4 Å². The lowest BCUT2D eigenvalue weighted by Gasteiger charge is -2.15. The number of halogens is 1. The number of carboxylic acids is 1. The van der Waals surface area contributed by atoms with Crippen molar-refractivity contribution in [1.82, 2.24) is 4.57 Å². The molecule has 1 heterocycles. The number of carbonyl (C=O) groups excluding carboxylic acids is 1. The van der Waals surface area contributed by atoms with Crippen LogP contribution in [0.15, 0.2) is 65.1 Å². The quantitative estimate of drug-likeness (QED) is 0.671. The minimum Gasteiger partial charge on any atom is -0.550 e. The summed E-state index contributed by atoms with van der Waals surface area (Å²) in [6.45, 7) is 2.06. The lowest BCUT2D eigenvalue weighted by molar-refractivity contribution is -0.305. The summed E-state index contributed by atoms with van der Waals surface area (Å²) in [5, 5.41) is 10.9. The van der Waals surface area contributed by atoms with E-state index in [9.17, 15) is 9.90 Å². The van der Waals surface area contributed by atoms with E-state index in [2.05, 4.69) is 51.7 Å². The molecule has 0 aliphatic heterocycles. The number of benzene rings is 2. The molecule has 4 heteroatoms. The Hall–Kier alpha value is -2.33. The van der Waals surface area contributed by atoms with E-state index in [4.69, 9.17) is 0 Å². The molecule has 1 aromatic heterocycles. The van der Waals surface area contributed by atoms with E-state index >= 15 is 0 Å². The first kappa shape index (κ1) is 16.5. The van der Waals surface area contributed by atoms with Gasteiger partial charge in [0, 0.05) is 21.8 Å². The van der Waals surface area contributed by atoms with Crippen LogP contribution in [0.3, 0.4) is 0 Å². The van der Waals surface area contributed by atoms with Crippen LogP contribution >= 0.6 is 15.9 Å². The Balaban J connectivity index is 2.09. The molecule has 0 N–H and O–H groups in total. The number of hydrogen-bond donors (Lipinski definition) is 0. The second-order valence-electron chi connectivity index (χ2n) is 5.76. The van der Waals surface area contributed by atoms with Gasteiger partial charge >= 0.3 is 0 Å². The SMILES string of the molecule is Cc1ccc(-c2ccc(CCC(=O)[O-])n2-c2ccc(Br)cc2)cc1. The van der Waals surface area contributed by atoms with Crippen LogP contribution < -0.4 is 5.11 Å². The number of nitrogens with zero attached hydrogens (tertiary/aromatic N) is 1. The van der Waals surface area contributed by atoms with Crippen molar-refractivity contribution in [2.24, 2.45) is 0 Å². The Morgan fingerprint density at radius 3 is 2.29 bits per heavy atom. The van der Waals surface area contributed by atoms with Crippen molar-refractivity contribution in [3.8, 4) is 16.9 Å². The lowest BCUT2D eigenvalue weighted by Crippen LogP contribution is -2.22. The molecule has 0 unspecified atom stereocenters. The van der Waals surface area contributed by atoms with Crippen molar-refractivity contribution in [2.75, 3.05) is 0 Å². The smallest absolute Gasteiger partial charge is 0.0531 e. The molecule has 0 atom stereocenters. The van der Waals surface area contributed by atoms with E-state index in [0.717, 1.165) is 27.1 Å². The van der Waals surface area contributed by atoms with Gasteiger partial charge < -0.3 is 14.5 Å². The third kappa shape index (κ3) is 3.60. The van der Waals surface area contributed by atoms with Gasteiger partial charge in [0.05, 0.1) is 5.69 Å². The highest BCUT2D eigenvalue weighted by Gasteiger charge is 2.12. The van der Waals surface area contributed by atoms with Crippen molar-refractivity contribution >= 4 is 21.9 Å². The zero-order valence-corrected chi connectivity index (χ0v) is 14.9. The van der Waals surface area contributed by atoms with E-state index in [-0.39, 0.29) is 6.42 Å². The standard InChI is InChI=1S/C20H18BrNO2/c1-14-2-4-15(5-3-14)19-12-10-18(11-13-20(23)24)22(19)17-8-6-16(21)7-9-17/h2-10,12H,11,13H2,1H3,(H,23,24)/p-1. The minimum atomic E-state index is -1.03. The van der Waals surface area contributed by atoms with Gasteiger partial charge in [-0.05, 0) is 61.7 Å². The molecule has 2 aromatic carbocycles. The monoisotopic (exact) mass is 382 g/mol. The lowest BCUT2D eigenvalue weighted by atomic mass is 10.1. The molecule has 122 valence electrons. The number of carboxylic acid groups (broad SMARTS) is 1. The van der Waals surface area contributed by atoms with Crippen LogP contribution in [-0.4, -0.2) is 10.5 Å². The summed E-state index contributed by atoms with van der Waals surface area (Å²) in [5.41, 5.74) is 5.32. The molecule has 0 bridgehead atoms. The van der Waals surface area contributed by atoms with Crippen LogP contribution in [0, 0.1) is 6.92 Å². The molecule has 24 heavy (non-hydrogen) atoms. The Bertz CT molecular complexity index is 848. The van der Waals surface area contributed by atoms with Crippen molar-refractivity contribution in [2.45, 2.75) is 19.8 Å². The predicted molar refractivity (Wildman–Crippen MR) is 97.0 cm³/mol. The highest BCUT2D eigenvalue weighted by Crippen LogP contribution is 2.28. The molecule has 0 saturated heterocycles. The Kier molecular flexibility index (Phi) is 4.86. The summed E-state index contributed by atoms with van der Waals surface area (Å²) in [7, 11) is 0. The fraction of sp³-hybridized carbons (Fsp3) is 0.150. The zero-order valence-electron chi connectivity index (χ0n) is 13.3. The van der Waals surface area contributed by atoms with Gasteiger partial charge in [-0.15, -0.1) is 0 Å². The van der Waals surface area contributed by atoms with E-state index in [0.29, 0.717) is 6.42 Å². The fourth-order valence-electron chi connectivity index (χ4n) is 2.75. The summed E-state index contributed by atoms with van der Waals surface area (Å²) in [6, 6.07) is 20.4.